The van der Waals surface area contributed by atoms with Gasteiger partial charge in [-0.1, -0.05) is 12.1 Å². The lowest BCUT2D eigenvalue weighted by Gasteiger charge is -2.16. The van der Waals surface area contributed by atoms with E-state index < -0.39 is 36.7 Å². The minimum atomic E-state index is -1.30. The van der Waals surface area contributed by atoms with E-state index in [0.29, 0.717) is 0 Å². The molecule has 2 aromatic heterocycles. The Hall–Kier alpha value is -2.79. The van der Waals surface area contributed by atoms with Crippen molar-refractivity contribution in [3.63, 3.8) is 0 Å². The van der Waals surface area contributed by atoms with Gasteiger partial charge in [-0.25, -0.2) is 4.98 Å². The number of aryl methyl sites for hydroxylation is 1. The molecule has 0 amide bonds. The third kappa shape index (κ3) is 3.08. The van der Waals surface area contributed by atoms with Gasteiger partial charge in [0, 0.05) is 5.69 Å². The average molecular weight is 373 g/mol. The van der Waals surface area contributed by atoms with Gasteiger partial charge in [-0.05, 0) is 24.6 Å². The van der Waals surface area contributed by atoms with Gasteiger partial charge in [0.1, 0.15) is 18.3 Å². The SMILES string of the molecule is Cc1cccc(Nc2nc3c(ncn3[C@@H]3O[C@H](CO)C(O)C3O)c(=O)[nH]2)c1. The van der Waals surface area contributed by atoms with E-state index in [0.717, 1.165) is 11.3 Å². The van der Waals surface area contributed by atoms with Crippen molar-refractivity contribution < 1.29 is 20.1 Å². The fourth-order valence-electron chi connectivity index (χ4n) is 3.14. The molecule has 142 valence electrons. The molecule has 1 aromatic carbocycles. The number of aromatic amines is 1. The zero-order valence-corrected chi connectivity index (χ0v) is 14.4. The summed E-state index contributed by atoms with van der Waals surface area (Å²) in [6.07, 6.45) is -3.21. The highest BCUT2D eigenvalue weighted by Gasteiger charge is 2.44. The van der Waals surface area contributed by atoms with Crippen LogP contribution in [0.5, 0.6) is 0 Å². The van der Waals surface area contributed by atoms with E-state index in [1.165, 1.54) is 10.9 Å². The van der Waals surface area contributed by atoms with Crippen LogP contribution in [0.2, 0.25) is 0 Å². The summed E-state index contributed by atoms with van der Waals surface area (Å²) in [5.41, 5.74) is 1.59. The summed E-state index contributed by atoms with van der Waals surface area (Å²) >= 11 is 0. The second kappa shape index (κ2) is 6.74. The van der Waals surface area contributed by atoms with Crippen LogP contribution in [0.3, 0.4) is 0 Å². The topological polar surface area (TPSA) is 146 Å². The van der Waals surface area contributed by atoms with E-state index in [1.54, 1.807) is 0 Å². The molecule has 0 bridgehead atoms. The monoisotopic (exact) mass is 373 g/mol. The maximum absolute atomic E-state index is 12.3. The number of aromatic nitrogens is 4. The Bertz CT molecular complexity index is 1030. The zero-order valence-electron chi connectivity index (χ0n) is 14.4. The van der Waals surface area contributed by atoms with E-state index >= 15 is 0 Å². The van der Waals surface area contributed by atoms with Crippen molar-refractivity contribution in [1.29, 1.82) is 0 Å². The molecular weight excluding hydrogens is 354 g/mol. The Morgan fingerprint density at radius 1 is 1.33 bits per heavy atom. The van der Waals surface area contributed by atoms with E-state index in [2.05, 4.69) is 20.3 Å². The van der Waals surface area contributed by atoms with Gasteiger partial charge < -0.3 is 25.4 Å². The van der Waals surface area contributed by atoms with Gasteiger partial charge in [0.2, 0.25) is 5.95 Å². The molecule has 1 fully saturated rings. The summed E-state index contributed by atoms with van der Waals surface area (Å²) in [5, 5.41) is 32.5. The molecule has 4 atom stereocenters. The van der Waals surface area contributed by atoms with Crippen molar-refractivity contribution >= 4 is 22.8 Å². The molecule has 0 spiro atoms. The molecule has 3 heterocycles. The number of ether oxygens (including phenoxy) is 1. The lowest BCUT2D eigenvalue weighted by molar-refractivity contribution is -0.0511. The molecule has 10 heteroatoms. The number of aliphatic hydroxyl groups excluding tert-OH is 3. The maximum atomic E-state index is 12.3. The Morgan fingerprint density at radius 3 is 2.85 bits per heavy atom. The van der Waals surface area contributed by atoms with Crippen molar-refractivity contribution in [3.8, 4) is 0 Å². The van der Waals surface area contributed by atoms with Crippen molar-refractivity contribution in [3.05, 3.63) is 46.5 Å². The van der Waals surface area contributed by atoms with Gasteiger partial charge in [-0.3, -0.25) is 14.3 Å². The number of anilines is 2. The van der Waals surface area contributed by atoms with Crippen LogP contribution >= 0.6 is 0 Å². The fourth-order valence-corrected chi connectivity index (χ4v) is 3.14. The second-order valence-corrected chi connectivity index (χ2v) is 6.46. The molecule has 3 aromatic rings. The van der Waals surface area contributed by atoms with Crippen LogP contribution in [0.15, 0.2) is 35.4 Å². The lowest BCUT2D eigenvalue weighted by atomic mass is 10.1. The maximum Gasteiger partial charge on any atom is 0.280 e. The van der Waals surface area contributed by atoms with Gasteiger partial charge in [0.15, 0.2) is 17.4 Å². The summed E-state index contributed by atoms with van der Waals surface area (Å²) in [6.45, 7) is 1.50. The van der Waals surface area contributed by atoms with Crippen LogP contribution in [0.4, 0.5) is 11.6 Å². The number of nitrogens with one attached hydrogen (secondary N) is 2. The molecule has 0 aliphatic carbocycles. The first-order valence-corrected chi connectivity index (χ1v) is 8.41. The van der Waals surface area contributed by atoms with Gasteiger partial charge in [-0.2, -0.15) is 4.98 Å². The third-order valence-corrected chi connectivity index (χ3v) is 4.50. The summed E-state index contributed by atoms with van der Waals surface area (Å²) < 4.78 is 6.87. The smallest absolute Gasteiger partial charge is 0.280 e. The van der Waals surface area contributed by atoms with Crippen molar-refractivity contribution in [2.45, 2.75) is 31.5 Å². The van der Waals surface area contributed by atoms with Gasteiger partial charge in [0.05, 0.1) is 12.9 Å². The molecule has 5 N–H and O–H groups in total. The predicted molar refractivity (Wildman–Crippen MR) is 95.6 cm³/mol. The van der Waals surface area contributed by atoms with Crippen molar-refractivity contribution in [2.24, 2.45) is 0 Å². The molecule has 1 aliphatic heterocycles. The number of rotatable bonds is 4. The molecule has 10 nitrogen and oxygen atoms in total. The number of hydrogen-bond acceptors (Lipinski definition) is 8. The molecule has 4 rings (SSSR count). The summed E-state index contributed by atoms with van der Waals surface area (Å²) in [4.78, 5) is 23.4. The van der Waals surface area contributed by atoms with Gasteiger partial charge in [0.25, 0.3) is 5.56 Å². The van der Waals surface area contributed by atoms with Crippen LogP contribution in [0, 0.1) is 6.92 Å². The number of aliphatic hydroxyl groups is 3. The fraction of sp³-hybridized carbons (Fsp3) is 0.353. The summed E-state index contributed by atoms with van der Waals surface area (Å²) in [5.74, 6) is 0.201. The van der Waals surface area contributed by atoms with E-state index in [4.69, 9.17) is 4.74 Å². The zero-order chi connectivity index (χ0) is 19.1. The highest BCUT2D eigenvalue weighted by molar-refractivity contribution is 5.72. The quantitative estimate of drug-likeness (QED) is 0.422. The number of nitrogens with zero attached hydrogens (tertiary/aromatic N) is 3. The molecule has 1 aliphatic rings. The normalized spacial score (nSPS) is 25.2. The Balaban J connectivity index is 1.73. The Labute approximate surface area is 153 Å². The molecule has 1 saturated heterocycles. The van der Waals surface area contributed by atoms with Crippen LogP contribution in [-0.2, 0) is 4.74 Å². The number of fused-ring (bicyclic) bond motifs is 1. The Kier molecular flexibility index (Phi) is 4.40. The Morgan fingerprint density at radius 2 is 2.15 bits per heavy atom. The van der Waals surface area contributed by atoms with Gasteiger partial charge >= 0.3 is 0 Å². The summed E-state index contributed by atoms with van der Waals surface area (Å²) in [7, 11) is 0. The molecular formula is C17H19N5O5. The highest BCUT2D eigenvalue weighted by Crippen LogP contribution is 2.31. The first kappa shape index (κ1) is 17.6. The molecule has 27 heavy (non-hydrogen) atoms. The molecule has 0 radical (unpaired) electrons. The number of benzene rings is 1. The first-order chi connectivity index (χ1) is 13.0. The number of H-pyrrole nitrogens is 1. The van der Waals surface area contributed by atoms with Crippen LogP contribution in [-0.4, -0.2) is 59.8 Å². The second-order valence-electron chi connectivity index (χ2n) is 6.46. The molecule has 2 unspecified atom stereocenters. The minimum absolute atomic E-state index is 0.0718. The van der Waals surface area contributed by atoms with Crippen molar-refractivity contribution in [2.75, 3.05) is 11.9 Å². The van der Waals surface area contributed by atoms with Crippen molar-refractivity contribution in [1.82, 2.24) is 19.5 Å². The first-order valence-electron chi connectivity index (χ1n) is 8.41. The van der Waals surface area contributed by atoms with Crippen LogP contribution in [0.25, 0.3) is 11.2 Å². The number of imidazole rings is 1. The van der Waals surface area contributed by atoms with Crippen LogP contribution < -0.4 is 10.9 Å². The summed E-state index contributed by atoms with van der Waals surface area (Å²) in [6, 6.07) is 7.55. The minimum Gasteiger partial charge on any atom is -0.394 e. The van der Waals surface area contributed by atoms with Gasteiger partial charge in [-0.15, -0.1) is 0 Å². The third-order valence-electron chi connectivity index (χ3n) is 4.50. The number of hydrogen-bond donors (Lipinski definition) is 5. The van der Waals surface area contributed by atoms with E-state index in [9.17, 15) is 20.1 Å². The van der Waals surface area contributed by atoms with E-state index in [-0.39, 0.29) is 17.1 Å². The highest BCUT2D eigenvalue weighted by atomic mass is 16.6. The average Bonchev–Trinajstić information content (AvgIpc) is 3.17. The lowest BCUT2D eigenvalue weighted by Crippen LogP contribution is -2.33. The van der Waals surface area contributed by atoms with E-state index in [1.807, 2.05) is 31.2 Å². The standard InChI is InChI=1S/C17H19N5O5/c1-8-3-2-4-9(5-8)19-17-20-14-11(15(26)21-17)18-7-22(14)16-13(25)12(24)10(6-23)27-16/h2-5,7,10,12-13,16,23-25H,6H2,1H3,(H2,19,20,21,26)/t10-,12?,13?,16-/m1/s1. The predicted octanol–water partition coefficient (Wildman–Crippen LogP) is -0.217. The van der Waals surface area contributed by atoms with Crippen LogP contribution in [0.1, 0.15) is 11.8 Å². The molecule has 0 saturated carbocycles. The largest absolute Gasteiger partial charge is 0.394 e.